The molecule has 0 bridgehead atoms. The topological polar surface area (TPSA) is 50.7 Å². The Morgan fingerprint density at radius 2 is 1.53 bits per heavy atom. The van der Waals surface area contributed by atoms with Crippen molar-refractivity contribution in [3.63, 3.8) is 0 Å². The minimum Gasteiger partial charge on any atom is -0.488 e. The molecule has 0 saturated heterocycles. The molecular formula is C30H23ClN2O2S. The van der Waals surface area contributed by atoms with Crippen LogP contribution in [0.2, 0.25) is 5.02 Å². The van der Waals surface area contributed by atoms with E-state index in [1.54, 1.807) is 6.21 Å². The van der Waals surface area contributed by atoms with Crippen molar-refractivity contribution >= 4 is 57.0 Å². The summed E-state index contributed by atoms with van der Waals surface area (Å²) in [6.07, 6.45) is 1.64. The third kappa shape index (κ3) is 5.54. The van der Waals surface area contributed by atoms with E-state index in [2.05, 4.69) is 28.7 Å². The molecule has 0 aliphatic rings. The van der Waals surface area contributed by atoms with Crippen molar-refractivity contribution in [3.8, 4) is 5.75 Å². The van der Waals surface area contributed by atoms with Gasteiger partial charge in [0.15, 0.2) is 0 Å². The smallest absolute Gasteiger partial charge is 0.250 e. The van der Waals surface area contributed by atoms with Gasteiger partial charge in [0, 0.05) is 21.0 Å². The van der Waals surface area contributed by atoms with E-state index in [-0.39, 0.29) is 11.7 Å². The van der Waals surface area contributed by atoms with Gasteiger partial charge in [-0.3, -0.25) is 4.79 Å². The summed E-state index contributed by atoms with van der Waals surface area (Å²) in [7, 11) is 0. The average Bonchev–Trinajstić information content (AvgIpc) is 2.92. The molecule has 5 aromatic rings. The number of hydrogen-bond acceptors (Lipinski definition) is 4. The van der Waals surface area contributed by atoms with Gasteiger partial charge >= 0.3 is 0 Å². The van der Waals surface area contributed by atoms with E-state index in [1.165, 1.54) is 11.8 Å². The van der Waals surface area contributed by atoms with Gasteiger partial charge in [0.25, 0.3) is 0 Å². The summed E-state index contributed by atoms with van der Waals surface area (Å²) in [5, 5.41) is 9.24. The normalized spacial score (nSPS) is 11.2. The molecule has 0 saturated carbocycles. The van der Waals surface area contributed by atoms with E-state index in [0.717, 1.165) is 37.6 Å². The van der Waals surface area contributed by atoms with Crippen molar-refractivity contribution in [1.82, 2.24) is 5.43 Å². The number of carbonyl (C=O) groups is 1. The Balaban J connectivity index is 1.30. The Kier molecular flexibility index (Phi) is 7.50. The zero-order valence-electron chi connectivity index (χ0n) is 19.4. The summed E-state index contributed by atoms with van der Waals surface area (Å²) in [5.74, 6) is 0.747. The van der Waals surface area contributed by atoms with Crippen LogP contribution in [0.25, 0.3) is 21.5 Å². The van der Waals surface area contributed by atoms with Crippen LogP contribution >= 0.6 is 23.4 Å². The number of rotatable bonds is 8. The first-order chi connectivity index (χ1) is 17.7. The molecular weight excluding hydrogens is 488 g/mol. The molecule has 0 spiro atoms. The molecule has 0 heterocycles. The molecule has 5 aromatic carbocycles. The number of nitrogens with one attached hydrogen (secondary N) is 1. The van der Waals surface area contributed by atoms with Crippen LogP contribution in [0.3, 0.4) is 0 Å². The fourth-order valence-corrected chi connectivity index (χ4v) is 5.03. The molecule has 4 nitrogen and oxygen atoms in total. The molecule has 0 unspecified atom stereocenters. The summed E-state index contributed by atoms with van der Waals surface area (Å²) in [6, 6.07) is 33.8. The lowest BCUT2D eigenvalue weighted by Gasteiger charge is -2.12. The standard InChI is InChI=1S/C30H23ClN2O2S/c31-27-14-6-3-10-23(27)19-35-28-17-16-22-9-1-4-12-24(22)26(28)18-32-33-30(34)20-36-29-15-7-11-21-8-2-5-13-25(21)29/h1-18H,19-20H2,(H,33,34). The van der Waals surface area contributed by atoms with Gasteiger partial charge in [-0.05, 0) is 39.7 Å². The van der Waals surface area contributed by atoms with Crippen molar-refractivity contribution in [2.45, 2.75) is 11.5 Å². The first kappa shape index (κ1) is 23.9. The largest absolute Gasteiger partial charge is 0.488 e. The molecule has 0 aromatic heterocycles. The van der Waals surface area contributed by atoms with Crippen molar-refractivity contribution < 1.29 is 9.53 Å². The van der Waals surface area contributed by atoms with Gasteiger partial charge in [-0.1, -0.05) is 96.5 Å². The number of hydrazone groups is 1. The average molecular weight is 511 g/mol. The van der Waals surface area contributed by atoms with Crippen LogP contribution in [0.5, 0.6) is 5.75 Å². The molecule has 0 aliphatic carbocycles. The van der Waals surface area contributed by atoms with Crippen LogP contribution < -0.4 is 10.2 Å². The van der Waals surface area contributed by atoms with Gasteiger partial charge in [0.2, 0.25) is 5.91 Å². The van der Waals surface area contributed by atoms with Gasteiger partial charge in [0.1, 0.15) is 12.4 Å². The number of carbonyl (C=O) groups excluding carboxylic acids is 1. The van der Waals surface area contributed by atoms with E-state index in [4.69, 9.17) is 16.3 Å². The fraction of sp³-hybridized carbons (Fsp3) is 0.0667. The number of ether oxygens (including phenoxy) is 1. The Morgan fingerprint density at radius 3 is 2.36 bits per heavy atom. The molecule has 6 heteroatoms. The zero-order chi connectivity index (χ0) is 24.7. The highest BCUT2D eigenvalue weighted by Crippen LogP contribution is 2.29. The van der Waals surface area contributed by atoms with Gasteiger partial charge in [-0.15, -0.1) is 11.8 Å². The van der Waals surface area contributed by atoms with Crippen LogP contribution in [0.4, 0.5) is 0 Å². The minimum atomic E-state index is -0.178. The number of nitrogens with zero attached hydrogens (tertiary/aromatic N) is 1. The lowest BCUT2D eigenvalue weighted by Crippen LogP contribution is -2.19. The highest BCUT2D eigenvalue weighted by molar-refractivity contribution is 8.00. The van der Waals surface area contributed by atoms with Crippen LogP contribution in [0.1, 0.15) is 11.1 Å². The first-order valence-electron chi connectivity index (χ1n) is 11.5. The van der Waals surface area contributed by atoms with Crippen LogP contribution in [-0.2, 0) is 11.4 Å². The third-order valence-corrected chi connectivity index (χ3v) is 7.21. The van der Waals surface area contributed by atoms with Gasteiger partial charge in [0.05, 0.1) is 12.0 Å². The molecule has 36 heavy (non-hydrogen) atoms. The van der Waals surface area contributed by atoms with E-state index in [0.29, 0.717) is 17.4 Å². The molecule has 5 rings (SSSR count). The number of halogens is 1. The van der Waals surface area contributed by atoms with Gasteiger partial charge in [-0.25, -0.2) is 5.43 Å². The Hall–Kier alpha value is -3.80. The number of fused-ring (bicyclic) bond motifs is 2. The maximum Gasteiger partial charge on any atom is 0.250 e. The van der Waals surface area contributed by atoms with Gasteiger partial charge in [-0.2, -0.15) is 5.10 Å². The molecule has 1 amide bonds. The maximum absolute atomic E-state index is 12.5. The second-order valence-electron chi connectivity index (χ2n) is 8.14. The summed E-state index contributed by atoms with van der Waals surface area (Å²) < 4.78 is 6.12. The second kappa shape index (κ2) is 11.3. The third-order valence-electron chi connectivity index (χ3n) is 5.76. The van der Waals surface area contributed by atoms with Crippen molar-refractivity contribution in [3.05, 3.63) is 119 Å². The predicted octanol–water partition coefficient (Wildman–Crippen LogP) is 7.47. The van der Waals surface area contributed by atoms with Crippen molar-refractivity contribution in [2.24, 2.45) is 5.10 Å². The Labute approximate surface area is 218 Å². The maximum atomic E-state index is 12.5. The Morgan fingerprint density at radius 1 is 0.833 bits per heavy atom. The number of hydrogen-bond donors (Lipinski definition) is 1. The minimum absolute atomic E-state index is 0.178. The zero-order valence-corrected chi connectivity index (χ0v) is 20.9. The molecule has 1 N–H and O–H groups in total. The summed E-state index contributed by atoms with van der Waals surface area (Å²) in [5.41, 5.74) is 4.35. The van der Waals surface area contributed by atoms with Crippen LogP contribution in [-0.4, -0.2) is 17.9 Å². The lowest BCUT2D eigenvalue weighted by atomic mass is 10.0. The monoisotopic (exact) mass is 510 g/mol. The van der Waals surface area contributed by atoms with Crippen LogP contribution in [0.15, 0.2) is 113 Å². The summed E-state index contributed by atoms with van der Waals surface area (Å²) >= 11 is 7.79. The quantitative estimate of drug-likeness (QED) is 0.134. The summed E-state index contributed by atoms with van der Waals surface area (Å²) in [4.78, 5) is 13.6. The van der Waals surface area contributed by atoms with E-state index in [1.807, 2.05) is 84.9 Å². The van der Waals surface area contributed by atoms with Crippen molar-refractivity contribution in [1.29, 1.82) is 0 Å². The molecule has 0 aliphatic heterocycles. The van der Waals surface area contributed by atoms with E-state index >= 15 is 0 Å². The SMILES string of the molecule is O=C(CSc1cccc2ccccc12)NN=Cc1c(OCc2ccccc2Cl)ccc2ccccc12. The lowest BCUT2D eigenvalue weighted by molar-refractivity contribution is -0.118. The van der Waals surface area contributed by atoms with E-state index in [9.17, 15) is 4.79 Å². The second-order valence-corrected chi connectivity index (χ2v) is 9.56. The van der Waals surface area contributed by atoms with E-state index < -0.39 is 0 Å². The number of thioether (sulfide) groups is 1. The number of benzene rings is 5. The van der Waals surface area contributed by atoms with Crippen molar-refractivity contribution in [2.75, 3.05) is 5.75 Å². The Bertz CT molecular complexity index is 1560. The fourth-order valence-electron chi connectivity index (χ4n) is 3.97. The molecule has 178 valence electrons. The van der Waals surface area contributed by atoms with Crippen LogP contribution in [0, 0.1) is 0 Å². The molecule has 0 fully saturated rings. The highest BCUT2D eigenvalue weighted by Gasteiger charge is 2.10. The number of amides is 1. The first-order valence-corrected chi connectivity index (χ1v) is 12.9. The summed E-state index contributed by atoms with van der Waals surface area (Å²) in [6.45, 7) is 0.326. The highest BCUT2D eigenvalue weighted by atomic mass is 35.5. The predicted molar refractivity (Wildman–Crippen MR) is 150 cm³/mol. The molecule has 0 atom stereocenters. The molecule has 0 radical (unpaired) electrons. The van der Waals surface area contributed by atoms with Gasteiger partial charge < -0.3 is 4.74 Å².